The Kier molecular flexibility index (Phi) is 3.88. The summed E-state index contributed by atoms with van der Waals surface area (Å²) < 4.78 is 5.26. The fourth-order valence-corrected chi connectivity index (χ4v) is 1.57. The normalized spacial score (nSPS) is 26.0. The molecule has 1 rings (SSSR count). The van der Waals surface area contributed by atoms with E-state index in [-0.39, 0.29) is 23.7 Å². The average molecular weight is 185 g/mol. The molecule has 2 unspecified atom stereocenters. The summed E-state index contributed by atoms with van der Waals surface area (Å²) in [5.74, 6) is 0.454. The maximum absolute atomic E-state index is 11.7. The van der Waals surface area contributed by atoms with Crippen LogP contribution in [-0.4, -0.2) is 25.0 Å². The van der Waals surface area contributed by atoms with E-state index in [0.717, 1.165) is 19.4 Å². The molecule has 3 nitrogen and oxygen atoms in total. The molecule has 0 aromatic rings. The van der Waals surface area contributed by atoms with Crippen molar-refractivity contribution in [3.05, 3.63) is 0 Å². The molecule has 1 aliphatic heterocycles. The van der Waals surface area contributed by atoms with Gasteiger partial charge in [-0.1, -0.05) is 13.8 Å². The summed E-state index contributed by atoms with van der Waals surface area (Å²) in [6.07, 6.45) is 1.93. The van der Waals surface area contributed by atoms with Crippen molar-refractivity contribution in [1.82, 2.24) is 0 Å². The third kappa shape index (κ3) is 2.78. The van der Waals surface area contributed by atoms with Crippen molar-refractivity contribution >= 4 is 5.78 Å². The van der Waals surface area contributed by atoms with Gasteiger partial charge >= 0.3 is 0 Å². The van der Waals surface area contributed by atoms with Crippen LogP contribution in [0.3, 0.4) is 0 Å². The fourth-order valence-electron chi connectivity index (χ4n) is 1.57. The number of carbonyl (C=O) groups is 1. The summed E-state index contributed by atoms with van der Waals surface area (Å²) in [6.45, 7) is 5.32. The molecule has 0 amide bonds. The predicted molar refractivity (Wildman–Crippen MR) is 51.4 cm³/mol. The highest BCUT2D eigenvalue weighted by Crippen LogP contribution is 2.17. The van der Waals surface area contributed by atoms with Crippen LogP contribution in [0.2, 0.25) is 0 Å². The van der Waals surface area contributed by atoms with Crippen molar-refractivity contribution in [3.8, 4) is 0 Å². The highest BCUT2D eigenvalue weighted by atomic mass is 16.5. The van der Waals surface area contributed by atoms with E-state index in [2.05, 4.69) is 0 Å². The summed E-state index contributed by atoms with van der Waals surface area (Å²) >= 11 is 0. The van der Waals surface area contributed by atoms with Gasteiger partial charge in [-0.05, 0) is 18.8 Å². The molecule has 2 atom stereocenters. The zero-order chi connectivity index (χ0) is 9.84. The number of carbonyl (C=O) groups excluding carboxylic acids is 1. The quantitative estimate of drug-likeness (QED) is 0.712. The first-order valence-corrected chi connectivity index (χ1v) is 5.00. The molecule has 0 spiro atoms. The van der Waals surface area contributed by atoms with Crippen molar-refractivity contribution in [1.29, 1.82) is 0 Å². The van der Waals surface area contributed by atoms with Crippen LogP contribution in [0.1, 0.15) is 26.7 Å². The van der Waals surface area contributed by atoms with Gasteiger partial charge in [-0.3, -0.25) is 4.79 Å². The van der Waals surface area contributed by atoms with Crippen LogP contribution in [0, 0.1) is 11.8 Å². The first-order valence-electron chi connectivity index (χ1n) is 5.00. The van der Waals surface area contributed by atoms with Gasteiger partial charge in [0.05, 0.1) is 12.6 Å². The minimum atomic E-state index is -0.313. The van der Waals surface area contributed by atoms with Crippen molar-refractivity contribution < 1.29 is 9.53 Å². The van der Waals surface area contributed by atoms with Gasteiger partial charge in [0.1, 0.15) is 0 Å². The number of rotatable bonds is 3. The third-order valence-electron chi connectivity index (χ3n) is 2.61. The molecule has 0 radical (unpaired) electrons. The van der Waals surface area contributed by atoms with Crippen LogP contribution >= 0.6 is 0 Å². The number of hydrogen-bond donors (Lipinski definition) is 1. The van der Waals surface area contributed by atoms with E-state index in [4.69, 9.17) is 10.5 Å². The highest BCUT2D eigenvalue weighted by Gasteiger charge is 2.27. The minimum Gasteiger partial charge on any atom is -0.381 e. The molecule has 1 fully saturated rings. The molecule has 0 aliphatic carbocycles. The molecule has 1 saturated heterocycles. The summed E-state index contributed by atoms with van der Waals surface area (Å²) in [4.78, 5) is 11.7. The van der Waals surface area contributed by atoms with E-state index in [1.54, 1.807) is 0 Å². The van der Waals surface area contributed by atoms with Crippen LogP contribution in [-0.2, 0) is 9.53 Å². The Labute approximate surface area is 79.6 Å². The molecule has 2 N–H and O–H groups in total. The van der Waals surface area contributed by atoms with Crippen LogP contribution in [0.5, 0.6) is 0 Å². The number of nitrogens with two attached hydrogens (primary N) is 1. The third-order valence-corrected chi connectivity index (χ3v) is 2.61. The van der Waals surface area contributed by atoms with E-state index in [9.17, 15) is 4.79 Å². The van der Waals surface area contributed by atoms with Crippen molar-refractivity contribution in [2.75, 3.05) is 13.2 Å². The molecule has 0 aromatic heterocycles. The van der Waals surface area contributed by atoms with E-state index >= 15 is 0 Å². The Hall–Kier alpha value is -0.410. The van der Waals surface area contributed by atoms with Gasteiger partial charge in [-0.25, -0.2) is 0 Å². The van der Waals surface area contributed by atoms with Crippen molar-refractivity contribution in [3.63, 3.8) is 0 Å². The van der Waals surface area contributed by atoms with Crippen molar-refractivity contribution in [2.24, 2.45) is 17.6 Å². The summed E-state index contributed by atoms with van der Waals surface area (Å²) in [5, 5.41) is 0. The molecule has 0 saturated carbocycles. The van der Waals surface area contributed by atoms with E-state index in [1.807, 2.05) is 13.8 Å². The van der Waals surface area contributed by atoms with Crippen LogP contribution in [0.25, 0.3) is 0 Å². The molecular weight excluding hydrogens is 166 g/mol. The Bertz CT molecular complexity index is 174. The van der Waals surface area contributed by atoms with Gasteiger partial charge in [-0.2, -0.15) is 0 Å². The SMILES string of the molecule is CC(C)C(N)C(=O)C1CCCOC1. The second-order valence-electron chi connectivity index (χ2n) is 4.09. The number of hydrogen-bond acceptors (Lipinski definition) is 3. The molecule has 76 valence electrons. The van der Waals surface area contributed by atoms with Crippen molar-refractivity contribution in [2.45, 2.75) is 32.7 Å². The topological polar surface area (TPSA) is 52.3 Å². The Balaban J connectivity index is 2.45. The standard InChI is InChI=1S/C10H19NO2/c1-7(2)9(11)10(12)8-4-3-5-13-6-8/h7-9H,3-6,11H2,1-2H3. The smallest absolute Gasteiger partial charge is 0.155 e. The molecule has 0 bridgehead atoms. The maximum atomic E-state index is 11.7. The maximum Gasteiger partial charge on any atom is 0.155 e. The lowest BCUT2D eigenvalue weighted by atomic mass is 9.88. The number of Topliss-reactive ketones (excluding diaryl/α,β-unsaturated/α-hetero) is 1. The Morgan fingerprint density at radius 3 is 2.69 bits per heavy atom. The summed E-state index contributed by atoms with van der Waals surface area (Å²) in [6, 6.07) is -0.313. The Morgan fingerprint density at radius 1 is 1.54 bits per heavy atom. The second-order valence-corrected chi connectivity index (χ2v) is 4.09. The van der Waals surface area contributed by atoms with Gasteiger partial charge in [0.15, 0.2) is 5.78 Å². The zero-order valence-electron chi connectivity index (χ0n) is 8.45. The molecule has 1 heterocycles. The van der Waals surface area contributed by atoms with Gasteiger partial charge in [-0.15, -0.1) is 0 Å². The van der Waals surface area contributed by atoms with Gasteiger partial charge < -0.3 is 10.5 Å². The van der Waals surface area contributed by atoms with E-state index in [0.29, 0.717) is 6.61 Å². The summed E-state index contributed by atoms with van der Waals surface area (Å²) in [5.41, 5.74) is 5.79. The molecule has 3 heteroatoms. The van der Waals surface area contributed by atoms with E-state index < -0.39 is 0 Å². The summed E-state index contributed by atoms with van der Waals surface area (Å²) in [7, 11) is 0. The average Bonchev–Trinajstić information content (AvgIpc) is 2.17. The highest BCUT2D eigenvalue weighted by molar-refractivity contribution is 5.86. The lowest BCUT2D eigenvalue weighted by Gasteiger charge is -2.25. The van der Waals surface area contributed by atoms with Crippen LogP contribution < -0.4 is 5.73 Å². The first-order chi connectivity index (χ1) is 6.13. The molecule has 13 heavy (non-hydrogen) atoms. The lowest BCUT2D eigenvalue weighted by molar-refractivity contribution is -0.129. The lowest BCUT2D eigenvalue weighted by Crippen LogP contribution is -2.42. The predicted octanol–water partition coefficient (Wildman–Crippen LogP) is 0.965. The second kappa shape index (κ2) is 4.72. The first kappa shape index (κ1) is 10.7. The molecule has 1 aliphatic rings. The minimum absolute atomic E-state index is 0.0474. The van der Waals surface area contributed by atoms with Crippen LogP contribution in [0.4, 0.5) is 0 Å². The van der Waals surface area contributed by atoms with Gasteiger partial charge in [0.2, 0.25) is 0 Å². The van der Waals surface area contributed by atoms with Gasteiger partial charge in [0, 0.05) is 12.5 Å². The number of ketones is 1. The number of ether oxygens (including phenoxy) is 1. The zero-order valence-corrected chi connectivity index (χ0v) is 8.45. The molecule has 0 aromatic carbocycles. The van der Waals surface area contributed by atoms with E-state index in [1.165, 1.54) is 0 Å². The van der Waals surface area contributed by atoms with Crippen LogP contribution in [0.15, 0.2) is 0 Å². The Morgan fingerprint density at radius 2 is 2.23 bits per heavy atom. The monoisotopic (exact) mass is 185 g/mol. The van der Waals surface area contributed by atoms with Gasteiger partial charge in [0.25, 0.3) is 0 Å². The fraction of sp³-hybridized carbons (Fsp3) is 0.900. The largest absolute Gasteiger partial charge is 0.381 e. The molecular formula is C10H19NO2.